The zero-order chi connectivity index (χ0) is 16.9. The molecule has 6 heteroatoms. The van der Waals surface area contributed by atoms with E-state index in [0.717, 1.165) is 18.8 Å². The van der Waals surface area contributed by atoms with E-state index in [1.54, 1.807) is 37.4 Å². The Morgan fingerprint density at radius 1 is 1.17 bits per heavy atom. The van der Waals surface area contributed by atoms with Crippen molar-refractivity contribution in [3.05, 3.63) is 53.1 Å². The summed E-state index contributed by atoms with van der Waals surface area (Å²) in [5.74, 6) is 0.526. The molecule has 126 valence electrons. The fourth-order valence-electron chi connectivity index (χ4n) is 2.63. The maximum Gasteiger partial charge on any atom is 0.255 e. The normalized spacial score (nSPS) is 14.3. The highest BCUT2D eigenvalue weighted by molar-refractivity contribution is 6.31. The van der Waals surface area contributed by atoms with E-state index in [1.807, 2.05) is 12.1 Å². The zero-order valence-electron chi connectivity index (χ0n) is 13.4. The number of halogens is 1. The van der Waals surface area contributed by atoms with E-state index in [2.05, 4.69) is 10.2 Å². The number of morpholine rings is 1. The van der Waals surface area contributed by atoms with Crippen molar-refractivity contribution in [3.63, 3.8) is 0 Å². The summed E-state index contributed by atoms with van der Waals surface area (Å²) in [5, 5.41) is 3.54. The summed E-state index contributed by atoms with van der Waals surface area (Å²) >= 11 is 6.11. The third-order valence-corrected chi connectivity index (χ3v) is 4.15. The molecule has 0 unspecified atom stereocenters. The van der Waals surface area contributed by atoms with Gasteiger partial charge in [-0.2, -0.15) is 0 Å². The summed E-state index contributed by atoms with van der Waals surface area (Å²) in [4.78, 5) is 14.7. The Morgan fingerprint density at radius 3 is 2.54 bits per heavy atom. The molecule has 0 spiro atoms. The highest BCUT2D eigenvalue weighted by Gasteiger charge is 2.17. The molecule has 0 aromatic heterocycles. The van der Waals surface area contributed by atoms with Crippen LogP contribution in [0.2, 0.25) is 5.02 Å². The van der Waals surface area contributed by atoms with Crippen LogP contribution in [0.1, 0.15) is 10.4 Å². The van der Waals surface area contributed by atoms with Gasteiger partial charge in [0.2, 0.25) is 0 Å². The third-order valence-electron chi connectivity index (χ3n) is 3.91. The number of nitrogens with one attached hydrogen (secondary N) is 1. The number of methoxy groups -OCH3 is 1. The monoisotopic (exact) mass is 346 g/mol. The molecule has 1 aliphatic rings. The zero-order valence-corrected chi connectivity index (χ0v) is 14.2. The van der Waals surface area contributed by atoms with E-state index < -0.39 is 0 Å². The minimum Gasteiger partial charge on any atom is -0.497 e. The minimum absolute atomic E-state index is 0.186. The quantitative estimate of drug-likeness (QED) is 0.921. The van der Waals surface area contributed by atoms with Crippen LogP contribution in [0.15, 0.2) is 42.5 Å². The predicted octanol–water partition coefficient (Wildman–Crippen LogP) is 3.44. The van der Waals surface area contributed by atoms with Crippen molar-refractivity contribution in [2.24, 2.45) is 0 Å². The van der Waals surface area contributed by atoms with Crippen LogP contribution in [-0.2, 0) is 4.74 Å². The molecule has 3 rings (SSSR count). The van der Waals surface area contributed by atoms with Crippen molar-refractivity contribution in [2.45, 2.75) is 0 Å². The largest absolute Gasteiger partial charge is 0.497 e. The van der Waals surface area contributed by atoms with Gasteiger partial charge in [0.25, 0.3) is 5.91 Å². The van der Waals surface area contributed by atoms with Crippen LogP contribution < -0.4 is 15.0 Å². The molecule has 0 bridgehead atoms. The SMILES string of the molecule is COc1ccc(C(=O)Nc2cc(Cl)ccc2N2CCOCC2)cc1. The lowest BCUT2D eigenvalue weighted by Crippen LogP contribution is -2.36. The van der Waals surface area contributed by atoms with Gasteiger partial charge in [-0.15, -0.1) is 0 Å². The maximum atomic E-state index is 12.5. The predicted molar refractivity (Wildman–Crippen MR) is 95.4 cm³/mol. The number of anilines is 2. The van der Waals surface area contributed by atoms with Gasteiger partial charge in [0.05, 0.1) is 31.7 Å². The molecule has 1 fully saturated rings. The van der Waals surface area contributed by atoms with E-state index in [9.17, 15) is 4.79 Å². The highest BCUT2D eigenvalue weighted by Crippen LogP contribution is 2.30. The number of rotatable bonds is 4. The van der Waals surface area contributed by atoms with Crippen molar-refractivity contribution in [2.75, 3.05) is 43.6 Å². The Morgan fingerprint density at radius 2 is 1.88 bits per heavy atom. The molecule has 1 saturated heterocycles. The van der Waals surface area contributed by atoms with Gasteiger partial charge in [-0.3, -0.25) is 4.79 Å². The molecule has 2 aromatic carbocycles. The molecule has 1 aliphatic heterocycles. The first kappa shape index (κ1) is 16.6. The second-order valence-corrected chi connectivity index (χ2v) is 5.88. The number of benzene rings is 2. The van der Waals surface area contributed by atoms with Crippen LogP contribution in [0.4, 0.5) is 11.4 Å². The van der Waals surface area contributed by atoms with E-state index >= 15 is 0 Å². The molecule has 1 amide bonds. The first-order valence-corrected chi connectivity index (χ1v) is 8.13. The Kier molecular flexibility index (Phi) is 5.23. The maximum absolute atomic E-state index is 12.5. The Labute approximate surface area is 146 Å². The summed E-state index contributed by atoms with van der Waals surface area (Å²) in [5.41, 5.74) is 2.21. The smallest absolute Gasteiger partial charge is 0.255 e. The van der Waals surface area contributed by atoms with Crippen LogP contribution in [0.25, 0.3) is 0 Å². The first-order valence-electron chi connectivity index (χ1n) is 7.75. The molecule has 2 aromatic rings. The van der Waals surface area contributed by atoms with E-state index in [-0.39, 0.29) is 5.91 Å². The third kappa shape index (κ3) is 3.80. The summed E-state index contributed by atoms with van der Waals surface area (Å²) in [6, 6.07) is 12.5. The molecule has 0 aliphatic carbocycles. The summed E-state index contributed by atoms with van der Waals surface area (Å²) < 4.78 is 10.5. The van der Waals surface area contributed by atoms with E-state index in [4.69, 9.17) is 21.1 Å². The molecule has 0 saturated carbocycles. The van der Waals surface area contributed by atoms with Gasteiger partial charge in [-0.25, -0.2) is 0 Å². The Hall–Kier alpha value is -2.24. The van der Waals surface area contributed by atoms with Crippen molar-refractivity contribution in [3.8, 4) is 5.75 Å². The summed E-state index contributed by atoms with van der Waals surface area (Å²) in [7, 11) is 1.59. The number of ether oxygens (including phenoxy) is 2. The van der Waals surface area contributed by atoms with Gasteiger partial charge < -0.3 is 19.7 Å². The average Bonchev–Trinajstić information content (AvgIpc) is 2.62. The van der Waals surface area contributed by atoms with Gasteiger partial charge in [0.15, 0.2) is 0 Å². The van der Waals surface area contributed by atoms with Gasteiger partial charge in [0, 0.05) is 23.7 Å². The van der Waals surface area contributed by atoms with E-state index in [0.29, 0.717) is 35.2 Å². The highest BCUT2D eigenvalue weighted by atomic mass is 35.5. The topological polar surface area (TPSA) is 50.8 Å². The minimum atomic E-state index is -0.186. The molecule has 1 N–H and O–H groups in total. The molecule has 5 nitrogen and oxygen atoms in total. The fourth-order valence-corrected chi connectivity index (χ4v) is 2.80. The Bertz CT molecular complexity index is 713. The van der Waals surface area contributed by atoms with Gasteiger partial charge in [-0.1, -0.05) is 11.6 Å². The van der Waals surface area contributed by atoms with Gasteiger partial charge in [-0.05, 0) is 42.5 Å². The molecular weight excluding hydrogens is 328 g/mol. The van der Waals surface area contributed by atoms with Crippen LogP contribution >= 0.6 is 11.6 Å². The van der Waals surface area contributed by atoms with Crippen molar-refractivity contribution in [1.82, 2.24) is 0 Å². The van der Waals surface area contributed by atoms with Crippen molar-refractivity contribution < 1.29 is 14.3 Å². The van der Waals surface area contributed by atoms with E-state index in [1.165, 1.54) is 0 Å². The van der Waals surface area contributed by atoms with Gasteiger partial charge >= 0.3 is 0 Å². The molecule has 1 heterocycles. The van der Waals surface area contributed by atoms with Crippen LogP contribution in [-0.4, -0.2) is 39.3 Å². The fraction of sp³-hybridized carbons (Fsp3) is 0.278. The lowest BCUT2D eigenvalue weighted by molar-refractivity contribution is 0.102. The second-order valence-electron chi connectivity index (χ2n) is 5.44. The first-order chi connectivity index (χ1) is 11.7. The van der Waals surface area contributed by atoms with Crippen LogP contribution in [0.3, 0.4) is 0 Å². The number of nitrogens with zero attached hydrogens (tertiary/aromatic N) is 1. The number of hydrogen-bond acceptors (Lipinski definition) is 4. The standard InChI is InChI=1S/C18H19ClN2O3/c1-23-15-5-2-13(3-6-15)18(22)20-16-12-14(19)4-7-17(16)21-8-10-24-11-9-21/h2-7,12H,8-11H2,1H3,(H,20,22). The number of amides is 1. The molecule has 0 atom stereocenters. The average molecular weight is 347 g/mol. The summed E-state index contributed by atoms with van der Waals surface area (Å²) in [6.45, 7) is 2.92. The van der Waals surface area contributed by atoms with Gasteiger partial charge in [0.1, 0.15) is 5.75 Å². The molecular formula is C18H19ClN2O3. The second kappa shape index (κ2) is 7.55. The number of carbonyl (C=O) groups is 1. The lowest BCUT2D eigenvalue weighted by atomic mass is 10.1. The van der Waals surface area contributed by atoms with Crippen molar-refractivity contribution >= 4 is 28.9 Å². The molecule has 0 radical (unpaired) electrons. The summed E-state index contributed by atoms with van der Waals surface area (Å²) in [6.07, 6.45) is 0. The lowest BCUT2D eigenvalue weighted by Gasteiger charge is -2.30. The number of hydrogen-bond donors (Lipinski definition) is 1. The van der Waals surface area contributed by atoms with Crippen molar-refractivity contribution in [1.29, 1.82) is 0 Å². The van der Waals surface area contributed by atoms with Crippen LogP contribution in [0.5, 0.6) is 5.75 Å². The Balaban J connectivity index is 1.82. The molecule has 24 heavy (non-hydrogen) atoms. The number of carbonyl (C=O) groups excluding carboxylic acids is 1. The van der Waals surface area contributed by atoms with Crippen LogP contribution in [0, 0.1) is 0 Å².